The van der Waals surface area contributed by atoms with Crippen LogP contribution in [0.25, 0.3) is 0 Å². The van der Waals surface area contributed by atoms with Gasteiger partial charge >= 0.3 is 6.18 Å². The molecule has 114 valence electrons. The van der Waals surface area contributed by atoms with E-state index < -0.39 is 29.6 Å². The summed E-state index contributed by atoms with van der Waals surface area (Å²) in [6.45, 7) is 0. The normalized spacial score (nSPS) is 16.3. The topological polar surface area (TPSA) is 72.2 Å². The fourth-order valence-corrected chi connectivity index (χ4v) is 1.99. The first-order chi connectivity index (χ1) is 9.77. The lowest BCUT2D eigenvalue weighted by Crippen LogP contribution is -2.44. The smallest absolute Gasteiger partial charge is 0.368 e. The zero-order valence-corrected chi connectivity index (χ0v) is 11.1. The van der Waals surface area contributed by atoms with Crippen LogP contribution in [-0.2, 0) is 11.0 Å². The zero-order chi connectivity index (χ0) is 15.6. The van der Waals surface area contributed by atoms with Crippen molar-refractivity contribution in [2.45, 2.75) is 31.5 Å². The molecule has 2 amide bonds. The van der Waals surface area contributed by atoms with Crippen LogP contribution in [-0.4, -0.2) is 17.9 Å². The lowest BCUT2D eigenvalue weighted by atomic mass is 10.1. The van der Waals surface area contributed by atoms with E-state index >= 15 is 0 Å². The molecule has 0 spiro atoms. The van der Waals surface area contributed by atoms with Crippen LogP contribution in [0.4, 0.5) is 13.2 Å². The molecule has 1 aromatic carbocycles. The van der Waals surface area contributed by atoms with E-state index in [1.807, 2.05) is 0 Å². The summed E-state index contributed by atoms with van der Waals surface area (Å²) in [5.74, 6) is -0.856. The molecule has 1 aliphatic rings. The van der Waals surface area contributed by atoms with E-state index in [2.05, 4.69) is 5.32 Å². The van der Waals surface area contributed by atoms with Gasteiger partial charge in [-0.15, -0.1) is 0 Å². The predicted molar refractivity (Wildman–Crippen MR) is 69.2 cm³/mol. The Bertz CT molecular complexity index is 536. The molecule has 3 N–H and O–H groups in total. The third kappa shape index (κ3) is 4.21. The molecule has 0 aromatic heterocycles. The average molecular weight is 300 g/mol. The summed E-state index contributed by atoms with van der Waals surface area (Å²) in [6.07, 6.45) is -1.97. The second-order valence-electron chi connectivity index (χ2n) is 5.18. The van der Waals surface area contributed by atoms with Gasteiger partial charge in [-0.2, -0.15) is 13.2 Å². The van der Waals surface area contributed by atoms with Gasteiger partial charge in [0.25, 0.3) is 5.91 Å². The molecule has 1 fully saturated rings. The number of carbonyl (C=O) groups is 2. The number of alkyl halides is 3. The number of primary amides is 1. The molecule has 0 radical (unpaired) electrons. The number of nitrogens with one attached hydrogen (secondary N) is 1. The Kier molecular flexibility index (Phi) is 4.20. The van der Waals surface area contributed by atoms with Crippen molar-refractivity contribution < 1.29 is 22.8 Å². The van der Waals surface area contributed by atoms with Crippen LogP contribution < -0.4 is 11.1 Å². The number of nitrogens with two attached hydrogens (primary N) is 1. The van der Waals surface area contributed by atoms with Gasteiger partial charge in [-0.05, 0) is 36.6 Å². The van der Waals surface area contributed by atoms with E-state index in [1.165, 1.54) is 0 Å². The average Bonchev–Trinajstić information content (AvgIpc) is 3.21. The van der Waals surface area contributed by atoms with Gasteiger partial charge in [0, 0.05) is 5.56 Å². The maximum atomic E-state index is 12.4. The quantitative estimate of drug-likeness (QED) is 0.874. The molecule has 4 nitrogen and oxygen atoms in total. The maximum Gasteiger partial charge on any atom is 0.416 e. The van der Waals surface area contributed by atoms with Crippen LogP contribution in [0, 0.1) is 5.92 Å². The Morgan fingerprint density at radius 1 is 1.24 bits per heavy atom. The van der Waals surface area contributed by atoms with E-state index in [1.54, 1.807) is 0 Å². The van der Waals surface area contributed by atoms with Crippen LogP contribution in [0.2, 0.25) is 0 Å². The summed E-state index contributed by atoms with van der Waals surface area (Å²) >= 11 is 0. The molecule has 1 aliphatic carbocycles. The number of rotatable bonds is 5. The van der Waals surface area contributed by atoms with Crippen molar-refractivity contribution in [2.24, 2.45) is 11.7 Å². The highest BCUT2D eigenvalue weighted by molar-refractivity contribution is 5.97. The molecule has 2 rings (SSSR count). The fourth-order valence-electron chi connectivity index (χ4n) is 1.99. The van der Waals surface area contributed by atoms with Gasteiger partial charge in [0.2, 0.25) is 5.91 Å². The van der Waals surface area contributed by atoms with Crippen LogP contribution >= 0.6 is 0 Å². The highest BCUT2D eigenvalue weighted by atomic mass is 19.4. The first-order valence-corrected chi connectivity index (χ1v) is 6.55. The van der Waals surface area contributed by atoms with Gasteiger partial charge in [-0.1, -0.05) is 12.8 Å². The van der Waals surface area contributed by atoms with Crippen LogP contribution in [0.15, 0.2) is 24.3 Å². The summed E-state index contributed by atoms with van der Waals surface area (Å²) < 4.78 is 37.3. The first kappa shape index (κ1) is 15.3. The van der Waals surface area contributed by atoms with Crippen LogP contribution in [0.3, 0.4) is 0 Å². The highest BCUT2D eigenvalue weighted by Gasteiger charge is 2.31. The molecule has 7 heteroatoms. The van der Waals surface area contributed by atoms with Gasteiger partial charge < -0.3 is 11.1 Å². The molecule has 0 aliphatic heterocycles. The summed E-state index contributed by atoms with van der Waals surface area (Å²) in [6, 6.07) is 3.03. The lowest BCUT2D eigenvalue weighted by molar-refractivity contribution is -0.137. The van der Waals surface area contributed by atoms with E-state index in [4.69, 9.17) is 5.73 Å². The van der Waals surface area contributed by atoms with Crippen molar-refractivity contribution in [1.82, 2.24) is 5.32 Å². The van der Waals surface area contributed by atoms with Crippen molar-refractivity contribution in [2.75, 3.05) is 0 Å². The van der Waals surface area contributed by atoms with E-state index in [0.29, 0.717) is 12.3 Å². The third-order valence-electron chi connectivity index (χ3n) is 3.39. The summed E-state index contributed by atoms with van der Waals surface area (Å²) in [7, 11) is 0. The summed E-state index contributed by atoms with van der Waals surface area (Å²) in [5.41, 5.74) is 4.45. The minimum atomic E-state index is -4.45. The van der Waals surface area contributed by atoms with Gasteiger partial charge in [-0.3, -0.25) is 9.59 Å². The summed E-state index contributed by atoms with van der Waals surface area (Å²) in [4.78, 5) is 23.2. The molecule has 1 atom stereocenters. The second kappa shape index (κ2) is 5.75. The maximum absolute atomic E-state index is 12.4. The van der Waals surface area contributed by atoms with Gasteiger partial charge in [0.05, 0.1) is 5.56 Å². The standard InChI is InChI=1S/C14H15F3N2O2/c15-14(16,17)10-5-3-9(4-6-10)13(21)19-11(12(18)20)7-8-1-2-8/h3-6,8,11H,1-2,7H2,(H2,18,20)(H,19,21)/t11-/m0/s1. The predicted octanol–water partition coefficient (Wildman–Crippen LogP) is 2.09. The number of hydrogen-bond donors (Lipinski definition) is 2. The molecular formula is C14H15F3N2O2. The van der Waals surface area contributed by atoms with Gasteiger partial charge in [0.15, 0.2) is 0 Å². The van der Waals surface area contributed by atoms with Gasteiger partial charge in [0.1, 0.15) is 6.04 Å². The SMILES string of the molecule is NC(=O)[C@H](CC1CC1)NC(=O)c1ccc(C(F)(F)F)cc1. The highest BCUT2D eigenvalue weighted by Crippen LogP contribution is 2.33. The van der Waals surface area contributed by atoms with Crippen LogP contribution in [0.1, 0.15) is 35.2 Å². The zero-order valence-electron chi connectivity index (χ0n) is 11.1. The van der Waals surface area contributed by atoms with E-state index in [0.717, 1.165) is 37.1 Å². The fraction of sp³-hybridized carbons (Fsp3) is 0.429. The molecule has 1 saturated carbocycles. The van der Waals surface area contributed by atoms with Crippen molar-refractivity contribution >= 4 is 11.8 Å². The monoisotopic (exact) mass is 300 g/mol. The Morgan fingerprint density at radius 2 is 1.81 bits per heavy atom. The molecule has 0 saturated heterocycles. The number of carbonyl (C=O) groups excluding carboxylic acids is 2. The minimum Gasteiger partial charge on any atom is -0.368 e. The van der Waals surface area contributed by atoms with Crippen LogP contribution in [0.5, 0.6) is 0 Å². The summed E-state index contributed by atoms with van der Waals surface area (Å²) in [5, 5.41) is 2.47. The second-order valence-corrected chi connectivity index (χ2v) is 5.18. The lowest BCUT2D eigenvalue weighted by Gasteiger charge is -2.15. The minimum absolute atomic E-state index is 0.0602. The van der Waals surface area contributed by atoms with E-state index in [9.17, 15) is 22.8 Å². The number of benzene rings is 1. The van der Waals surface area contributed by atoms with Gasteiger partial charge in [-0.25, -0.2) is 0 Å². The molecular weight excluding hydrogens is 285 g/mol. The Morgan fingerprint density at radius 3 is 2.24 bits per heavy atom. The Hall–Kier alpha value is -2.05. The molecule has 1 aromatic rings. The number of halogens is 3. The first-order valence-electron chi connectivity index (χ1n) is 6.55. The van der Waals surface area contributed by atoms with Crippen molar-refractivity contribution in [3.05, 3.63) is 35.4 Å². The van der Waals surface area contributed by atoms with E-state index in [-0.39, 0.29) is 5.56 Å². The Balaban J connectivity index is 2.03. The molecule has 0 unspecified atom stereocenters. The van der Waals surface area contributed by atoms with Crippen molar-refractivity contribution in [3.63, 3.8) is 0 Å². The number of amides is 2. The molecule has 21 heavy (non-hydrogen) atoms. The molecule has 0 heterocycles. The third-order valence-corrected chi connectivity index (χ3v) is 3.39. The largest absolute Gasteiger partial charge is 0.416 e. The molecule has 0 bridgehead atoms. The number of hydrogen-bond acceptors (Lipinski definition) is 2. The van der Waals surface area contributed by atoms with Crippen molar-refractivity contribution in [1.29, 1.82) is 0 Å². The Labute approximate surface area is 119 Å². The van der Waals surface area contributed by atoms with Crippen molar-refractivity contribution in [3.8, 4) is 0 Å².